The van der Waals surface area contributed by atoms with Crippen LogP contribution in [0, 0.1) is 0 Å². The lowest BCUT2D eigenvalue weighted by atomic mass is 9.88. The van der Waals surface area contributed by atoms with Gasteiger partial charge in [0.15, 0.2) is 0 Å². The smallest absolute Gasteiger partial charge is 0.250 e. The third kappa shape index (κ3) is 6.89. The summed E-state index contributed by atoms with van der Waals surface area (Å²) in [6, 6.07) is 11.8. The minimum atomic E-state index is -3.20. The van der Waals surface area contributed by atoms with Crippen LogP contribution in [0.4, 0.5) is 0 Å². The van der Waals surface area contributed by atoms with E-state index in [2.05, 4.69) is 23.3 Å². The summed E-state index contributed by atoms with van der Waals surface area (Å²) >= 11 is 0. The van der Waals surface area contributed by atoms with Gasteiger partial charge in [0.1, 0.15) is 0 Å². The van der Waals surface area contributed by atoms with E-state index >= 15 is 0 Å². The number of hydrogen-bond donors (Lipinski definition) is 3. The predicted octanol–water partition coefficient (Wildman–Crippen LogP) is 5.05. The summed E-state index contributed by atoms with van der Waals surface area (Å²) in [6.45, 7) is 5.25. The minimum absolute atomic E-state index is 0.0590. The molecule has 0 bridgehead atoms. The highest BCUT2D eigenvalue weighted by molar-refractivity contribution is 7.89. The molecule has 3 aromatic rings. The number of aromatic amines is 1. The van der Waals surface area contributed by atoms with Gasteiger partial charge in [-0.05, 0) is 72.6 Å². The Balaban J connectivity index is 1.56. The zero-order chi connectivity index (χ0) is 28.0. The molecule has 2 heterocycles. The number of fused-ring (bicyclic) bond motifs is 1. The molecule has 9 heteroatoms. The molecule has 0 aliphatic carbocycles. The SMILES string of the molecule is CCCCCCC(=O)NCc1cccc(-c2cc(C(N)=O)c3[nH]cc(C4CCN(S(=O)(=O)CC)CC4)c3c2)c1. The first-order valence-corrected chi connectivity index (χ1v) is 15.6. The third-order valence-corrected chi connectivity index (χ3v) is 9.63. The number of amides is 2. The molecule has 1 aliphatic heterocycles. The van der Waals surface area contributed by atoms with Crippen LogP contribution in [0.3, 0.4) is 0 Å². The van der Waals surface area contributed by atoms with Gasteiger partial charge in [-0.2, -0.15) is 0 Å². The summed E-state index contributed by atoms with van der Waals surface area (Å²) in [5.41, 5.74) is 10.8. The number of primary amides is 1. The van der Waals surface area contributed by atoms with Gasteiger partial charge in [0.25, 0.3) is 5.91 Å². The number of nitrogens with zero attached hydrogens (tertiary/aromatic N) is 1. The summed E-state index contributed by atoms with van der Waals surface area (Å²) in [7, 11) is -3.20. The van der Waals surface area contributed by atoms with Gasteiger partial charge in [-0.25, -0.2) is 12.7 Å². The quantitative estimate of drug-likeness (QED) is 0.272. The highest BCUT2D eigenvalue weighted by Gasteiger charge is 2.29. The number of unbranched alkanes of at least 4 members (excludes halogenated alkanes) is 3. The maximum Gasteiger partial charge on any atom is 0.250 e. The van der Waals surface area contributed by atoms with Gasteiger partial charge in [-0.1, -0.05) is 44.4 Å². The molecular formula is C30H40N4O4S. The molecule has 0 atom stereocenters. The van der Waals surface area contributed by atoms with Crippen molar-refractivity contribution in [3.05, 3.63) is 59.3 Å². The average molecular weight is 553 g/mol. The van der Waals surface area contributed by atoms with Gasteiger partial charge >= 0.3 is 0 Å². The summed E-state index contributed by atoms with van der Waals surface area (Å²) in [6.07, 6.45) is 8.18. The standard InChI is InChI=1S/C30H40N4O4S/c1-3-5-6-7-11-28(35)32-19-21-9-8-10-23(16-21)24-17-25-27(20-33-29(25)26(18-24)30(31)36)22-12-14-34(15-13-22)39(37,38)4-2/h8-10,16-18,20,22,33H,3-7,11-15,19H2,1-2H3,(H2,31,36)(H,32,35). The molecule has 2 amide bonds. The van der Waals surface area contributed by atoms with Crippen molar-refractivity contribution in [2.75, 3.05) is 18.8 Å². The van der Waals surface area contributed by atoms with Crippen LogP contribution in [-0.2, 0) is 21.4 Å². The molecule has 0 saturated carbocycles. The molecule has 210 valence electrons. The van der Waals surface area contributed by atoms with Crippen LogP contribution in [0.1, 0.15) is 86.2 Å². The maximum absolute atomic E-state index is 12.4. The van der Waals surface area contributed by atoms with Gasteiger partial charge < -0.3 is 16.0 Å². The van der Waals surface area contributed by atoms with Crippen molar-refractivity contribution >= 4 is 32.7 Å². The van der Waals surface area contributed by atoms with Crippen molar-refractivity contribution in [2.45, 2.75) is 71.3 Å². The molecule has 8 nitrogen and oxygen atoms in total. The first kappa shape index (κ1) is 28.8. The highest BCUT2D eigenvalue weighted by Crippen LogP contribution is 2.37. The van der Waals surface area contributed by atoms with Gasteiger partial charge in [0.05, 0.1) is 16.8 Å². The Morgan fingerprint density at radius 1 is 1.05 bits per heavy atom. The Kier molecular flexibility index (Phi) is 9.45. The van der Waals surface area contributed by atoms with Crippen molar-refractivity contribution < 1.29 is 18.0 Å². The lowest BCUT2D eigenvalue weighted by Crippen LogP contribution is -2.38. The van der Waals surface area contributed by atoms with Gasteiger partial charge in [-0.3, -0.25) is 9.59 Å². The van der Waals surface area contributed by atoms with Gasteiger partial charge in [0.2, 0.25) is 15.9 Å². The van der Waals surface area contributed by atoms with Crippen LogP contribution in [0.2, 0.25) is 0 Å². The summed E-state index contributed by atoms with van der Waals surface area (Å²) in [5.74, 6) is -0.163. The number of hydrogen-bond acceptors (Lipinski definition) is 4. The Morgan fingerprint density at radius 3 is 2.51 bits per heavy atom. The minimum Gasteiger partial charge on any atom is -0.366 e. The van der Waals surface area contributed by atoms with Gasteiger partial charge in [-0.15, -0.1) is 0 Å². The molecule has 4 rings (SSSR count). The Hall–Kier alpha value is -3.17. The fourth-order valence-electron chi connectivity index (χ4n) is 5.44. The van der Waals surface area contributed by atoms with E-state index in [0.717, 1.165) is 66.2 Å². The van der Waals surface area contributed by atoms with E-state index in [-0.39, 0.29) is 17.6 Å². The predicted molar refractivity (Wildman–Crippen MR) is 156 cm³/mol. The zero-order valence-corrected chi connectivity index (χ0v) is 23.8. The van der Waals surface area contributed by atoms with Crippen molar-refractivity contribution in [3.8, 4) is 11.1 Å². The molecule has 1 fully saturated rings. The van der Waals surface area contributed by atoms with Crippen LogP contribution >= 0.6 is 0 Å². The van der Waals surface area contributed by atoms with Gasteiger partial charge in [0, 0.05) is 37.6 Å². The van der Waals surface area contributed by atoms with E-state index in [4.69, 9.17) is 5.73 Å². The molecule has 2 aromatic carbocycles. The number of piperidine rings is 1. The Labute approximate surface area is 231 Å². The third-order valence-electron chi connectivity index (χ3n) is 7.75. The molecule has 4 N–H and O–H groups in total. The second-order valence-corrected chi connectivity index (χ2v) is 12.7. The maximum atomic E-state index is 12.4. The molecule has 1 aromatic heterocycles. The molecule has 0 unspecified atom stereocenters. The summed E-state index contributed by atoms with van der Waals surface area (Å²) < 4.78 is 26.2. The lowest BCUT2D eigenvalue weighted by Gasteiger charge is -2.31. The number of nitrogens with two attached hydrogens (primary N) is 1. The second-order valence-electron chi connectivity index (χ2n) is 10.4. The zero-order valence-electron chi connectivity index (χ0n) is 23.0. The van der Waals surface area contributed by atoms with E-state index in [0.29, 0.717) is 37.1 Å². The Bertz CT molecular complexity index is 1420. The first-order valence-electron chi connectivity index (χ1n) is 14.0. The van der Waals surface area contributed by atoms with Crippen LogP contribution < -0.4 is 11.1 Å². The van der Waals surface area contributed by atoms with Crippen molar-refractivity contribution in [2.24, 2.45) is 5.73 Å². The fourth-order valence-corrected chi connectivity index (χ4v) is 6.57. The topological polar surface area (TPSA) is 125 Å². The highest BCUT2D eigenvalue weighted by atomic mass is 32.2. The normalized spacial score (nSPS) is 15.0. The fraction of sp³-hybridized carbons (Fsp3) is 0.467. The molecule has 0 radical (unpaired) electrons. The number of sulfonamides is 1. The molecule has 39 heavy (non-hydrogen) atoms. The average Bonchev–Trinajstić information content (AvgIpc) is 3.38. The van der Waals surface area contributed by atoms with E-state index in [1.165, 1.54) is 0 Å². The van der Waals surface area contributed by atoms with Crippen LogP contribution in [0.15, 0.2) is 42.6 Å². The van der Waals surface area contributed by atoms with Crippen LogP contribution in [0.5, 0.6) is 0 Å². The summed E-state index contributed by atoms with van der Waals surface area (Å²) in [5, 5.41) is 3.95. The Morgan fingerprint density at radius 2 is 1.82 bits per heavy atom. The van der Waals surface area contributed by atoms with E-state index in [1.807, 2.05) is 36.5 Å². The van der Waals surface area contributed by atoms with Crippen LogP contribution in [-0.4, -0.2) is 48.4 Å². The van der Waals surface area contributed by atoms with E-state index in [1.54, 1.807) is 11.2 Å². The van der Waals surface area contributed by atoms with Crippen LogP contribution in [0.25, 0.3) is 22.0 Å². The number of nitrogens with one attached hydrogen (secondary N) is 2. The lowest BCUT2D eigenvalue weighted by molar-refractivity contribution is -0.121. The number of H-pyrrole nitrogens is 1. The van der Waals surface area contributed by atoms with Crippen molar-refractivity contribution in [3.63, 3.8) is 0 Å². The molecular weight excluding hydrogens is 512 g/mol. The molecule has 1 saturated heterocycles. The monoisotopic (exact) mass is 552 g/mol. The largest absolute Gasteiger partial charge is 0.366 e. The molecule has 1 aliphatic rings. The second kappa shape index (κ2) is 12.8. The number of benzene rings is 2. The number of aromatic nitrogens is 1. The number of rotatable bonds is 12. The first-order chi connectivity index (χ1) is 18.7. The number of carbonyl (C=O) groups excluding carboxylic acids is 2. The van der Waals surface area contributed by atoms with Crippen molar-refractivity contribution in [1.82, 2.24) is 14.6 Å². The van der Waals surface area contributed by atoms with Crippen molar-refractivity contribution in [1.29, 1.82) is 0 Å². The number of carbonyl (C=O) groups is 2. The molecule has 0 spiro atoms. The van der Waals surface area contributed by atoms with E-state index < -0.39 is 15.9 Å². The summed E-state index contributed by atoms with van der Waals surface area (Å²) in [4.78, 5) is 27.9. The van der Waals surface area contributed by atoms with E-state index in [9.17, 15) is 18.0 Å².